The lowest BCUT2D eigenvalue weighted by atomic mass is 9.95. The minimum Gasteiger partial charge on any atom is -0.507 e. The van der Waals surface area contributed by atoms with Gasteiger partial charge in [0.1, 0.15) is 11.5 Å². The van der Waals surface area contributed by atoms with E-state index in [1.54, 1.807) is 48.8 Å². The molecule has 0 spiro atoms. The van der Waals surface area contributed by atoms with Gasteiger partial charge in [0.05, 0.1) is 18.2 Å². The standard InChI is InChI=1S/C27H26N2O4/c1-4-15-33-21-12-10-19(11-13-21)25(30)23-24(20-8-6-14-28-16-20)29(27(32)26(23)31)22-9-5-7-17(2)18(22)3/h5-14,16,24,30H,4,15H2,1-3H3/b25-23+. The molecule has 6 heteroatoms. The SMILES string of the molecule is CCCOc1ccc(/C(O)=C2\C(=O)C(=O)N(c3cccc(C)c3C)C2c2cccnc2)cc1. The Morgan fingerprint density at radius 2 is 1.82 bits per heavy atom. The molecule has 33 heavy (non-hydrogen) atoms. The third-order valence-electron chi connectivity index (χ3n) is 5.88. The van der Waals surface area contributed by atoms with Gasteiger partial charge in [-0.25, -0.2) is 0 Å². The van der Waals surface area contributed by atoms with E-state index in [0.717, 1.165) is 17.5 Å². The van der Waals surface area contributed by atoms with Gasteiger partial charge in [-0.1, -0.05) is 25.1 Å². The van der Waals surface area contributed by atoms with Crippen molar-refractivity contribution in [2.75, 3.05) is 11.5 Å². The molecule has 1 N–H and O–H groups in total. The summed E-state index contributed by atoms with van der Waals surface area (Å²) in [4.78, 5) is 32.1. The van der Waals surface area contributed by atoms with Crippen molar-refractivity contribution in [3.63, 3.8) is 0 Å². The number of ether oxygens (including phenoxy) is 1. The zero-order chi connectivity index (χ0) is 23.5. The molecule has 1 saturated heterocycles. The van der Waals surface area contributed by atoms with Crippen LogP contribution in [0.5, 0.6) is 5.75 Å². The van der Waals surface area contributed by atoms with Crippen molar-refractivity contribution in [3.05, 3.63) is 94.8 Å². The van der Waals surface area contributed by atoms with Gasteiger partial charge in [0, 0.05) is 23.6 Å². The van der Waals surface area contributed by atoms with E-state index >= 15 is 0 Å². The Kier molecular flexibility index (Phi) is 6.27. The maximum Gasteiger partial charge on any atom is 0.300 e. The number of hydrogen-bond acceptors (Lipinski definition) is 5. The molecule has 1 aromatic heterocycles. The van der Waals surface area contributed by atoms with E-state index in [9.17, 15) is 14.7 Å². The van der Waals surface area contributed by atoms with Crippen molar-refractivity contribution in [1.82, 2.24) is 4.98 Å². The molecule has 2 aromatic carbocycles. The molecule has 1 aliphatic heterocycles. The summed E-state index contributed by atoms with van der Waals surface area (Å²) in [7, 11) is 0. The maximum atomic E-state index is 13.3. The largest absolute Gasteiger partial charge is 0.507 e. The summed E-state index contributed by atoms with van der Waals surface area (Å²) in [5, 5.41) is 11.2. The van der Waals surface area contributed by atoms with Crippen molar-refractivity contribution in [2.24, 2.45) is 0 Å². The third-order valence-corrected chi connectivity index (χ3v) is 5.88. The Morgan fingerprint density at radius 1 is 1.06 bits per heavy atom. The first-order valence-electron chi connectivity index (χ1n) is 10.9. The first-order chi connectivity index (χ1) is 15.9. The number of aryl methyl sites for hydroxylation is 1. The summed E-state index contributed by atoms with van der Waals surface area (Å²) >= 11 is 0. The topological polar surface area (TPSA) is 79.7 Å². The number of ketones is 1. The molecule has 6 nitrogen and oxygen atoms in total. The molecular formula is C27H26N2O4. The fourth-order valence-corrected chi connectivity index (χ4v) is 4.02. The summed E-state index contributed by atoms with van der Waals surface area (Å²) in [5.74, 6) is -0.958. The second-order valence-electron chi connectivity index (χ2n) is 8.05. The average molecular weight is 443 g/mol. The van der Waals surface area contributed by atoms with Gasteiger partial charge in [0.25, 0.3) is 11.7 Å². The van der Waals surface area contributed by atoms with Gasteiger partial charge in [-0.15, -0.1) is 0 Å². The molecule has 1 unspecified atom stereocenters. The summed E-state index contributed by atoms with van der Waals surface area (Å²) in [6.45, 7) is 6.48. The van der Waals surface area contributed by atoms with Gasteiger partial charge in [-0.05, 0) is 73.4 Å². The number of hydrogen-bond donors (Lipinski definition) is 1. The van der Waals surface area contributed by atoms with Crippen molar-refractivity contribution in [1.29, 1.82) is 0 Å². The maximum absolute atomic E-state index is 13.3. The van der Waals surface area contributed by atoms with Crippen LogP contribution in [0.3, 0.4) is 0 Å². The molecular weight excluding hydrogens is 416 g/mol. The minimum absolute atomic E-state index is 0.0381. The second-order valence-corrected chi connectivity index (χ2v) is 8.05. The first-order valence-corrected chi connectivity index (χ1v) is 10.9. The normalized spacial score (nSPS) is 17.4. The highest BCUT2D eigenvalue weighted by Crippen LogP contribution is 2.43. The van der Waals surface area contributed by atoms with Gasteiger partial charge in [-0.2, -0.15) is 0 Å². The van der Waals surface area contributed by atoms with Gasteiger partial charge in [-0.3, -0.25) is 19.5 Å². The fourth-order valence-electron chi connectivity index (χ4n) is 4.02. The van der Waals surface area contributed by atoms with Gasteiger partial charge >= 0.3 is 0 Å². The highest BCUT2D eigenvalue weighted by Gasteiger charge is 2.47. The highest BCUT2D eigenvalue weighted by atomic mass is 16.5. The Bertz CT molecular complexity index is 1220. The third kappa shape index (κ3) is 4.12. The smallest absolute Gasteiger partial charge is 0.300 e. The zero-order valence-corrected chi connectivity index (χ0v) is 18.9. The van der Waals surface area contributed by atoms with Crippen LogP contribution >= 0.6 is 0 Å². The second kappa shape index (κ2) is 9.28. The molecule has 1 fully saturated rings. The monoisotopic (exact) mass is 442 g/mol. The molecule has 0 aliphatic carbocycles. The van der Waals surface area contributed by atoms with Crippen molar-refractivity contribution < 1.29 is 19.4 Å². The molecule has 2 heterocycles. The summed E-state index contributed by atoms with van der Waals surface area (Å²) in [6, 6.07) is 15.2. The summed E-state index contributed by atoms with van der Waals surface area (Å²) < 4.78 is 5.61. The van der Waals surface area contributed by atoms with E-state index in [0.29, 0.717) is 29.2 Å². The van der Waals surface area contributed by atoms with Crippen LogP contribution in [0.15, 0.2) is 72.6 Å². The van der Waals surface area contributed by atoms with E-state index in [1.165, 1.54) is 4.90 Å². The minimum atomic E-state index is -0.796. The van der Waals surface area contributed by atoms with Crippen LogP contribution in [-0.4, -0.2) is 28.4 Å². The summed E-state index contributed by atoms with van der Waals surface area (Å²) in [6.07, 6.45) is 4.13. The molecule has 1 atom stereocenters. The molecule has 1 amide bonds. The predicted molar refractivity (Wildman–Crippen MR) is 127 cm³/mol. The molecule has 0 bridgehead atoms. The number of benzene rings is 2. The van der Waals surface area contributed by atoms with Crippen LogP contribution in [0, 0.1) is 13.8 Å². The van der Waals surface area contributed by atoms with Crippen LogP contribution in [0.1, 0.15) is 41.6 Å². The van der Waals surface area contributed by atoms with Crippen LogP contribution in [0.25, 0.3) is 5.76 Å². The quantitative estimate of drug-likeness (QED) is 0.326. The van der Waals surface area contributed by atoms with Crippen LogP contribution < -0.4 is 9.64 Å². The Labute approximate surface area is 193 Å². The zero-order valence-electron chi connectivity index (χ0n) is 18.9. The number of rotatable bonds is 6. The van der Waals surface area contributed by atoms with Crippen molar-refractivity contribution in [3.8, 4) is 5.75 Å². The number of aromatic nitrogens is 1. The predicted octanol–water partition coefficient (Wildman–Crippen LogP) is 5.11. The fraction of sp³-hybridized carbons (Fsp3) is 0.222. The number of Topliss-reactive ketones (excluding diaryl/α,β-unsaturated/α-hetero) is 1. The van der Waals surface area contributed by atoms with E-state index < -0.39 is 17.7 Å². The Hall–Kier alpha value is -3.93. The number of aliphatic hydroxyl groups is 1. The van der Waals surface area contributed by atoms with Crippen LogP contribution in [0.4, 0.5) is 5.69 Å². The van der Waals surface area contributed by atoms with Gasteiger partial charge in [0.2, 0.25) is 0 Å². The first kappa shape index (κ1) is 22.3. The van der Waals surface area contributed by atoms with E-state index in [2.05, 4.69) is 4.98 Å². The van der Waals surface area contributed by atoms with E-state index in [-0.39, 0.29) is 11.3 Å². The number of aliphatic hydroxyl groups excluding tert-OH is 1. The number of anilines is 1. The van der Waals surface area contributed by atoms with Crippen molar-refractivity contribution in [2.45, 2.75) is 33.2 Å². The molecule has 1 aliphatic rings. The van der Waals surface area contributed by atoms with E-state index in [1.807, 2.05) is 39.0 Å². The lowest BCUT2D eigenvalue weighted by Gasteiger charge is -2.27. The number of carbonyl (C=O) groups is 2. The highest BCUT2D eigenvalue weighted by molar-refractivity contribution is 6.51. The molecule has 3 aromatic rings. The number of nitrogens with zero attached hydrogens (tertiary/aromatic N) is 2. The van der Waals surface area contributed by atoms with Gasteiger partial charge < -0.3 is 9.84 Å². The van der Waals surface area contributed by atoms with Gasteiger partial charge in [0.15, 0.2) is 0 Å². The number of carbonyl (C=O) groups excluding carboxylic acids is 2. The molecule has 0 saturated carbocycles. The molecule has 0 radical (unpaired) electrons. The Morgan fingerprint density at radius 3 is 2.48 bits per heavy atom. The van der Waals surface area contributed by atoms with E-state index in [4.69, 9.17) is 4.74 Å². The number of amides is 1. The summed E-state index contributed by atoms with van der Waals surface area (Å²) in [5.41, 5.74) is 3.64. The van der Waals surface area contributed by atoms with Crippen molar-refractivity contribution >= 4 is 23.1 Å². The van der Waals surface area contributed by atoms with Crippen LogP contribution in [-0.2, 0) is 9.59 Å². The molecule has 168 valence electrons. The average Bonchev–Trinajstić information content (AvgIpc) is 3.10. The lowest BCUT2D eigenvalue weighted by molar-refractivity contribution is -0.132. The lowest BCUT2D eigenvalue weighted by Crippen LogP contribution is -2.30. The number of pyridine rings is 1. The molecule has 4 rings (SSSR count). The Balaban J connectivity index is 1.87. The van der Waals surface area contributed by atoms with Crippen LogP contribution in [0.2, 0.25) is 0 Å².